The zero-order chi connectivity index (χ0) is 8.39. The summed E-state index contributed by atoms with van der Waals surface area (Å²) in [7, 11) is 0. The van der Waals surface area contributed by atoms with Gasteiger partial charge in [0, 0.05) is 6.04 Å². The Balaban J connectivity index is 1.46. The maximum absolute atomic E-state index is 3.62. The SMILES string of the molecule is CC1CC(NCCC2CNC2)C1. The molecule has 0 spiro atoms. The van der Waals surface area contributed by atoms with Crippen molar-refractivity contribution in [3.05, 3.63) is 0 Å². The van der Waals surface area contributed by atoms with Crippen molar-refractivity contribution in [2.45, 2.75) is 32.2 Å². The Morgan fingerprint density at radius 3 is 2.58 bits per heavy atom. The molecule has 1 aliphatic carbocycles. The van der Waals surface area contributed by atoms with Crippen molar-refractivity contribution >= 4 is 0 Å². The molecule has 0 aromatic rings. The summed E-state index contributed by atoms with van der Waals surface area (Å²) in [4.78, 5) is 0. The first-order valence-corrected chi connectivity index (χ1v) is 5.28. The summed E-state index contributed by atoms with van der Waals surface area (Å²) < 4.78 is 0. The molecular weight excluding hydrogens is 148 g/mol. The molecule has 2 nitrogen and oxygen atoms in total. The van der Waals surface area contributed by atoms with Crippen LogP contribution in [-0.4, -0.2) is 25.7 Å². The van der Waals surface area contributed by atoms with E-state index in [4.69, 9.17) is 0 Å². The van der Waals surface area contributed by atoms with Crippen molar-refractivity contribution in [3.8, 4) is 0 Å². The van der Waals surface area contributed by atoms with Crippen LogP contribution in [-0.2, 0) is 0 Å². The van der Waals surface area contributed by atoms with Gasteiger partial charge in [0.1, 0.15) is 0 Å². The summed E-state index contributed by atoms with van der Waals surface area (Å²) in [6, 6.07) is 0.855. The van der Waals surface area contributed by atoms with Crippen LogP contribution in [0.1, 0.15) is 26.2 Å². The van der Waals surface area contributed by atoms with E-state index in [1.165, 1.54) is 38.9 Å². The molecule has 1 saturated heterocycles. The average Bonchev–Trinajstić information content (AvgIpc) is 1.90. The first-order valence-electron chi connectivity index (χ1n) is 5.28. The van der Waals surface area contributed by atoms with Crippen LogP contribution in [0.15, 0.2) is 0 Å². The van der Waals surface area contributed by atoms with Gasteiger partial charge in [-0.25, -0.2) is 0 Å². The van der Waals surface area contributed by atoms with Gasteiger partial charge >= 0.3 is 0 Å². The normalized spacial score (nSPS) is 35.8. The van der Waals surface area contributed by atoms with Crippen LogP contribution in [0.3, 0.4) is 0 Å². The molecule has 0 atom stereocenters. The number of nitrogens with one attached hydrogen (secondary N) is 2. The smallest absolute Gasteiger partial charge is 0.00721 e. The minimum Gasteiger partial charge on any atom is -0.316 e. The highest BCUT2D eigenvalue weighted by Gasteiger charge is 2.24. The molecule has 0 aromatic carbocycles. The lowest BCUT2D eigenvalue weighted by Crippen LogP contribution is -2.45. The van der Waals surface area contributed by atoms with Crippen LogP contribution < -0.4 is 10.6 Å². The van der Waals surface area contributed by atoms with Gasteiger partial charge in [0.15, 0.2) is 0 Å². The molecule has 70 valence electrons. The Kier molecular flexibility index (Phi) is 2.66. The van der Waals surface area contributed by atoms with Crippen LogP contribution in [0.5, 0.6) is 0 Å². The van der Waals surface area contributed by atoms with E-state index in [2.05, 4.69) is 17.6 Å². The van der Waals surface area contributed by atoms with Gasteiger partial charge in [0.25, 0.3) is 0 Å². The Bertz CT molecular complexity index is 137. The van der Waals surface area contributed by atoms with Crippen molar-refractivity contribution in [2.24, 2.45) is 11.8 Å². The summed E-state index contributed by atoms with van der Waals surface area (Å²) in [5, 5.41) is 6.93. The van der Waals surface area contributed by atoms with Gasteiger partial charge < -0.3 is 10.6 Å². The van der Waals surface area contributed by atoms with Gasteiger partial charge in [-0.05, 0) is 50.7 Å². The quantitative estimate of drug-likeness (QED) is 0.654. The van der Waals surface area contributed by atoms with Gasteiger partial charge in [-0.3, -0.25) is 0 Å². The fraction of sp³-hybridized carbons (Fsp3) is 1.00. The molecule has 1 saturated carbocycles. The molecule has 2 aliphatic rings. The number of hydrogen-bond donors (Lipinski definition) is 2. The predicted octanol–water partition coefficient (Wildman–Crippen LogP) is 0.984. The molecule has 2 fully saturated rings. The van der Waals surface area contributed by atoms with Gasteiger partial charge in [-0.15, -0.1) is 0 Å². The molecule has 2 N–H and O–H groups in total. The zero-order valence-electron chi connectivity index (χ0n) is 7.97. The summed E-state index contributed by atoms with van der Waals surface area (Å²) >= 11 is 0. The standard InChI is InChI=1S/C10H20N2/c1-8-4-10(5-8)12-3-2-9-6-11-7-9/h8-12H,2-7H2,1H3. The summed E-state index contributed by atoms with van der Waals surface area (Å²) in [6.45, 7) is 6.09. The van der Waals surface area contributed by atoms with E-state index >= 15 is 0 Å². The van der Waals surface area contributed by atoms with Crippen molar-refractivity contribution < 1.29 is 0 Å². The van der Waals surface area contributed by atoms with E-state index < -0.39 is 0 Å². The summed E-state index contributed by atoms with van der Waals surface area (Å²) in [5.41, 5.74) is 0. The van der Waals surface area contributed by atoms with E-state index in [1.54, 1.807) is 0 Å². The highest BCUT2D eigenvalue weighted by molar-refractivity contribution is 4.83. The van der Waals surface area contributed by atoms with Crippen LogP contribution in [0.4, 0.5) is 0 Å². The lowest BCUT2D eigenvalue weighted by molar-refractivity contribution is 0.230. The Morgan fingerprint density at radius 1 is 1.33 bits per heavy atom. The van der Waals surface area contributed by atoms with Crippen LogP contribution in [0, 0.1) is 11.8 Å². The third-order valence-electron chi connectivity index (χ3n) is 3.23. The minimum atomic E-state index is 0.855. The zero-order valence-corrected chi connectivity index (χ0v) is 7.97. The minimum absolute atomic E-state index is 0.855. The molecule has 2 heteroatoms. The van der Waals surface area contributed by atoms with E-state index in [0.717, 1.165) is 17.9 Å². The second-order valence-electron chi connectivity index (χ2n) is 4.54. The predicted molar refractivity (Wildman–Crippen MR) is 51.2 cm³/mol. The van der Waals surface area contributed by atoms with E-state index in [9.17, 15) is 0 Å². The van der Waals surface area contributed by atoms with E-state index in [-0.39, 0.29) is 0 Å². The molecule has 0 unspecified atom stereocenters. The van der Waals surface area contributed by atoms with E-state index in [1.807, 2.05) is 0 Å². The van der Waals surface area contributed by atoms with E-state index in [0.29, 0.717) is 0 Å². The highest BCUT2D eigenvalue weighted by atomic mass is 15.0. The van der Waals surface area contributed by atoms with Gasteiger partial charge in [-0.1, -0.05) is 6.92 Å². The Hall–Kier alpha value is -0.0800. The maximum atomic E-state index is 3.62. The topological polar surface area (TPSA) is 24.1 Å². The van der Waals surface area contributed by atoms with Crippen molar-refractivity contribution in [2.75, 3.05) is 19.6 Å². The molecule has 2 rings (SSSR count). The van der Waals surface area contributed by atoms with Crippen LogP contribution in [0.2, 0.25) is 0 Å². The fourth-order valence-electron chi connectivity index (χ4n) is 2.11. The number of hydrogen-bond acceptors (Lipinski definition) is 2. The first kappa shape index (κ1) is 8.52. The van der Waals surface area contributed by atoms with Gasteiger partial charge in [0.05, 0.1) is 0 Å². The van der Waals surface area contributed by atoms with Gasteiger partial charge in [0.2, 0.25) is 0 Å². The largest absolute Gasteiger partial charge is 0.316 e. The van der Waals surface area contributed by atoms with Gasteiger partial charge in [-0.2, -0.15) is 0 Å². The lowest BCUT2D eigenvalue weighted by atomic mass is 9.82. The molecule has 1 heterocycles. The highest BCUT2D eigenvalue weighted by Crippen LogP contribution is 2.26. The Morgan fingerprint density at radius 2 is 2.08 bits per heavy atom. The van der Waals surface area contributed by atoms with Crippen LogP contribution in [0.25, 0.3) is 0 Å². The average molecular weight is 168 g/mol. The Labute approximate surface area is 75.1 Å². The first-order chi connectivity index (χ1) is 5.84. The number of rotatable bonds is 4. The second-order valence-corrected chi connectivity index (χ2v) is 4.54. The molecule has 1 aliphatic heterocycles. The summed E-state index contributed by atoms with van der Waals surface area (Å²) in [6.07, 6.45) is 4.18. The molecular formula is C10H20N2. The maximum Gasteiger partial charge on any atom is 0.00721 e. The van der Waals surface area contributed by atoms with Crippen molar-refractivity contribution in [1.82, 2.24) is 10.6 Å². The fourth-order valence-corrected chi connectivity index (χ4v) is 2.11. The second kappa shape index (κ2) is 3.75. The molecule has 0 bridgehead atoms. The van der Waals surface area contributed by atoms with Crippen LogP contribution >= 0.6 is 0 Å². The summed E-state index contributed by atoms with van der Waals surface area (Å²) in [5.74, 6) is 1.95. The molecule has 12 heavy (non-hydrogen) atoms. The third kappa shape index (κ3) is 1.99. The molecule has 0 radical (unpaired) electrons. The molecule has 0 amide bonds. The monoisotopic (exact) mass is 168 g/mol. The van der Waals surface area contributed by atoms with Crippen molar-refractivity contribution in [3.63, 3.8) is 0 Å². The molecule has 0 aromatic heterocycles. The third-order valence-corrected chi connectivity index (χ3v) is 3.23. The lowest BCUT2D eigenvalue weighted by Gasteiger charge is -2.34. The van der Waals surface area contributed by atoms with Crippen molar-refractivity contribution in [1.29, 1.82) is 0 Å².